The molecule has 3 aromatic carbocycles. The average Bonchev–Trinajstić information content (AvgIpc) is 3.17. The van der Waals surface area contributed by atoms with Crippen LogP contribution in [0.3, 0.4) is 0 Å². The molecular weight excluding hydrogens is 440 g/mol. The van der Waals surface area contributed by atoms with Gasteiger partial charge in [-0.1, -0.05) is 48.5 Å². The maximum Gasteiger partial charge on any atom is 0.265 e. The third-order valence-electron chi connectivity index (χ3n) is 4.51. The number of nitrogens with one attached hydrogen (secondary N) is 1. The number of benzene rings is 3. The molecule has 0 radical (unpaired) electrons. The maximum absolute atomic E-state index is 12.7. The van der Waals surface area contributed by atoms with E-state index >= 15 is 0 Å². The maximum atomic E-state index is 12.7. The molecule has 0 fully saturated rings. The van der Waals surface area contributed by atoms with Crippen LogP contribution in [0.25, 0.3) is 22.3 Å². The third-order valence-corrected chi connectivity index (χ3v) is 7.00. The van der Waals surface area contributed by atoms with E-state index in [1.165, 1.54) is 24.3 Å². The normalized spacial score (nSPS) is 12.0. The van der Waals surface area contributed by atoms with Crippen molar-refractivity contribution in [3.8, 4) is 11.3 Å². The zero-order valence-electron chi connectivity index (χ0n) is 15.8. The summed E-state index contributed by atoms with van der Waals surface area (Å²) in [6, 6.07) is 20.4. The van der Waals surface area contributed by atoms with Gasteiger partial charge in [0.15, 0.2) is 0 Å². The van der Waals surface area contributed by atoms with Crippen molar-refractivity contribution in [2.75, 3.05) is 0 Å². The second kappa shape index (κ2) is 7.65. The summed E-state index contributed by atoms with van der Waals surface area (Å²) in [6.45, 7) is 0. The quantitative estimate of drug-likeness (QED) is 0.474. The van der Waals surface area contributed by atoms with Crippen LogP contribution in [0.4, 0.5) is 0 Å². The number of fused-ring (bicyclic) bond motifs is 1. The van der Waals surface area contributed by atoms with Crippen molar-refractivity contribution in [2.45, 2.75) is 9.79 Å². The first kappa shape index (κ1) is 20.8. The lowest BCUT2D eigenvalue weighted by Gasteiger charge is -2.10. The molecule has 0 aliphatic carbocycles. The predicted molar refractivity (Wildman–Crippen MR) is 114 cm³/mol. The highest BCUT2D eigenvalue weighted by molar-refractivity contribution is 7.92. The lowest BCUT2D eigenvalue weighted by molar-refractivity contribution is 0.0981. The van der Waals surface area contributed by atoms with Crippen LogP contribution in [0, 0.1) is 0 Å². The molecule has 8 nitrogen and oxygen atoms in total. The number of amides is 1. The summed E-state index contributed by atoms with van der Waals surface area (Å²) >= 11 is 0. The van der Waals surface area contributed by atoms with E-state index in [2.05, 4.69) is 0 Å². The first-order valence-electron chi connectivity index (χ1n) is 8.93. The van der Waals surface area contributed by atoms with E-state index in [0.29, 0.717) is 11.3 Å². The van der Waals surface area contributed by atoms with Gasteiger partial charge in [-0.25, -0.2) is 26.7 Å². The van der Waals surface area contributed by atoms with Crippen molar-refractivity contribution in [1.29, 1.82) is 0 Å². The number of hydrogen-bond acceptors (Lipinski definition) is 6. The molecule has 0 spiro atoms. The molecule has 4 aromatic rings. The van der Waals surface area contributed by atoms with Gasteiger partial charge in [-0.05, 0) is 30.3 Å². The zero-order valence-corrected chi connectivity index (χ0v) is 17.5. The minimum absolute atomic E-state index is 0.0260. The average molecular weight is 457 g/mol. The highest BCUT2D eigenvalue weighted by atomic mass is 32.2. The van der Waals surface area contributed by atoms with Gasteiger partial charge in [0, 0.05) is 16.5 Å². The molecule has 0 saturated heterocycles. The number of carbonyl (C=O) groups excluding carboxylic acids is 1. The second-order valence-electron chi connectivity index (χ2n) is 6.66. The first-order valence-corrected chi connectivity index (χ1v) is 12.0. The fraction of sp³-hybridized carbons (Fsp3) is 0. The van der Waals surface area contributed by atoms with Crippen LogP contribution in [0.2, 0.25) is 0 Å². The fourth-order valence-electron chi connectivity index (χ4n) is 3.06. The summed E-state index contributed by atoms with van der Waals surface area (Å²) in [7, 11) is -8.82. The highest BCUT2D eigenvalue weighted by Crippen LogP contribution is 2.28. The van der Waals surface area contributed by atoms with Crippen LogP contribution in [-0.2, 0) is 20.0 Å². The molecular formula is C21H16N2O6S2. The van der Waals surface area contributed by atoms with Crippen molar-refractivity contribution in [3.63, 3.8) is 0 Å². The second-order valence-corrected chi connectivity index (χ2v) is 9.84. The van der Waals surface area contributed by atoms with E-state index in [9.17, 15) is 21.6 Å². The Labute approximate surface area is 178 Å². The minimum Gasteiger partial charge on any atom is -0.456 e. The van der Waals surface area contributed by atoms with Gasteiger partial charge in [-0.2, -0.15) is 0 Å². The Morgan fingerprint density at radius 3 is 2.13 bits per heavy atom. The van der Waals surface area contributed by atoms with Crippen LogP contribution in [0.15, 0.2) is 93.1 Å². The van der Waals surface area contributed by atoms with Gasteiger partial charge in [-0.3, -0.25) is 4.79 Å². The Morgan fingerprint density at radius 1 is 0.806 bits per heavy atom. The zero-order chi connectivity index (χ0) is 22.2. The molecule has 31 heavy (non-hydrogen) atoms. The van der Waals surface area contributed by atoms with Crippen LogP contribution in [0.1, 0.15) is 10.4 Å². The number of primary sulfonamides is 1. The topological polar surface area (TPSA) is 137 Å². The van der Waals surface area contributed by atoms with Gasteiger partial charge in [0.25, 0.3) is 15.9 Å². The Morgan fingerprint density at radius 2 is 1.45 bits per heavy atom. The van der Waals surface area contributed by atoms with E-state index in [1.54, 1.807) is 6.07 Å². The highest BCUT2D eigenvalue weighted by Gasteiger charge is 2.26. The number of furan rings is 1. The molecule has 0 atom stereocenters. The first-order chi connectivity index (χ1) is 14.6. The molecule has 0 unspecified atom stereocenters. The van der Waals surface area contributed by atoms with Crippen LogP contribution < -0.4 is 9.86 Å². The van der Waals surface area contributed by atoms with E-state index in [4.69, 9.17) is 9.56 Å². The summed E-state index contributed by atoms with van der Waals surface area (Å²) < 4.78 is 56.4. The lowest BCUT2D eigenvalue weighted by atomic mass is 10.1. The van der Waals surface area contributed by atoms with E-state index in [0.717, 1.165) is 23.1 Å². The standard InChI is InChI=1S/C21H16N2O6S2/c22-30(25,26)19-8-4-5-9-20(19)31(27,28)23-21(24)16-11-10-15-12-17(29-18(15)13-16)14-6-2-1-3-7-14/h1-13H,(H,23,24)(H2,22,25,26). The Bertz CT molecular complexity index is 1510. The van der Waals surface area contributed by atoms with Crippen molar-refractivity contribution in [1.82, 2.24) is 4.72 Å². The van der Waals surface area contributed by atoms with Gasteiger partial charge in [0.2, 0.25) is 10.0 Å². The molecule has 1 amide bonds. The van der Waals surface area contributed by atoms with Gasteiger partial charge in [0.1, 0.15) is 21.1 Å². The largest absolute Gasteiger partial charge is 0.456 e. The Balaban J connectivity index is 1.66. The van der Waals surface area contributed by atoms with Crippen molar-refractivity contribution in [3.05, 3.63) is 84.4 Å². The molecule has 0 bridgehead atoms. The van der Waals surface area contributed by atoms with Crippen molar-refractivity contribution >= 4 is 36.9 Å². The Kier molecular flexibility index (Phi) is 5.13. The summed E-state index contributed by atoms with van der Waals surface area (Å²) in [4.78, 5) is 11.4. The van der Waals surface area contributed by atoms with E-state index < -0.39 is 35.7 Å². The number of carbonyl (C=O) groups is 1. The minimum atomic E-state index is -4.50. The molecule has 1 heterocycles. The number of rotatable bonds is 5. The SMILES string of the molecule is NS(=O)(=O)c1ccccc1S(=O)(=O)NC(=O)c1ccc2cc(-c3ccccc3)oc2c1. The monoisotopic (exact) mass is 456 g/mol. The van der Waals surface area contributed by atoms with Crippen LogP contribution in [0.5, 0.6) is 0 Å². The summed E-state index contributed by atoms with van der Waals surface area (Å²) in [6.07, 6.45) is 0. The third kappa shape index (κ3) is 4.22. The van der Waals surface area contributed by atoms with Gasteiger partial charge in [0.05, 0.1) is 0 Å². The molecule has 0 saturated carbocycles. The molecule has 4 rings (SSSR count). The Hall–Kier alpha value is -3.47. The molecule has 0 aliphatic rings. The molecule has 1 aromatic heterocycles. The molecule has 10 heteroatoms. The van der Waals surface area contributed by atoms with E-state index in [-0.39, 0.29) is 5.56 Å². The smallest absolute Gasteiger partial charge is 0.265 e. The lowest BCUT2D eigenvalue weighted by Crippen LogP contribution is -2.32. The van der Waals surface area contributed by atoms with Gasteiger partial charge in [-0.15, -0.1) is 0 Å². The predicted octanol–water partition coefficient (Wildman–Crippen LogP) is 2.87. The van der Waals surface area contributed by atoms with Crippen LogP contribution in [-0.4, -0.2) is 22.7 Å². The van der Waals surface area contributed by atoms with Gasteiger partial charge < -0.3 is 4.42 Å². The molecule has 158 valence electrons. The summed E-state index contributed by atoms with van der Waals surface area (Å²) in [5.74, 6) is -0.341. The number of nitrogens with two attached hydrogens (primary N) is 1. The summed E-state index contributed by atoms with van der Waals surface area (Å²) in [5.41, 5.74) is 1.28. The van der Waals surface area contributed by atoms with Crippen LogP contribution >= 0.6 is 0 Å². The van der Waals surface area contributed by atoms with Crippen molar-refractivity contribution in [2.24, 2.45) is 5.14 Å². The van der Waals surface area contributed by atoms with Gasteiger partial charge >= 0.3 is 0 Å². The molecule has 3 N–H and O–H groups in total. The fourth-order valence-corrected chi connectivity index (χ4v) is 5.42. The number of sulfonamides is 2. The van der Waals surface area contributed by atoms with Crippen molar-refractivity contribution < 1.29 is 26.0 Å². The summed E-state index contributed by atoms with van der Waals surface area (Å²) in [5, 5.41) is 5.83. The molecule has 0 aliphatic heterocycles. The number of hydrogen-bond donors (Lipinski definition) is 2. The van der Waals surface area contributed by atoms with E-state index in [1.807, 2.05) is 41.1 Å².